The summed E-state index contributed by atoms with van der Waals surface area (Å²) in [5.41, 5.74) is 1.37. The first-order valence-electron chi connectivity index (χ1n) is 7.76. The molecule has 0 aliphatic heterocycles. The van der Waals surface area contributed by atoms with Gasteiger partial charge in [0.2, 0.25) is 0 Å². The molecule has 0 saturated heterocycles. The Morgan fingerprint density at radius 2 is 1.91 bits per heavy atom. The van der Waals surface area contributed by atoms with Crippen molar-refractivity contribution in [1.82, 2.24) is 0 Å². The number of carbonyl (C=O) groups excluding carboxylic acids is 2. The maximum atomic E-state index is 11.7. The van der Waals surface area contributed by atoms with E-state index in [1.807, 2.05) is 48.6 Å². The molecule has 0 aromatic heterocycles. The second kappa shape index (κ2) is 7.73. The van der Waals surface area contributed by atoms with Crippen molar-refractivity contribution in [2.45, 2.75) is 26.2 Å². The van der Waals surface area contributed by atoms with Crippen LogP contribution in [0.2, 0.25) is 0 Å². The van der Waals surface area contributed by atoms with Crippen molar-refractivity contribution in [3.8, 4) is 0 Å². The van der Waals surface area contributed by atoms with Gasteiger partial charge in [-0.3, -0.25) is 4.79 Å². The first kappa shape index (κ1) is 16.9. The normalized spacial score (nSPS) is 21.7. The molecule has 3 heteroatoms. The van der Waals surface area contributed by atoms with Gasteiger partial charge in [0.05, 0.1) is 12.7 Å². The largest absolute Gasteiger partial charge is 0.465 e. The van der Waals surface area contributed by atoms with E-state index in [4.69, 9.17) is 4.74 Å². The standard InChI is InChI=1S/C20H22O3/c1-20(14-12-17(21)15-20)13-8-4-3-5-9-16-10-6-7-11-18(16)19(22)23-2/h3-11,13H,12,14-15H2,1-2H3/b4-3+,9-5+,13-8+. The van der Waals surface area contributed by atoms with Crippen molar-refractivity contribution in [1.29, 1.82) is 0 Å². The lowest BCUT2D eigenvalue weighted by Crippen LogP contribution is -2.07. The summed E-state index contributed by atoms with van der Waals surface area (Å²) in [6.07, 6.45) is 13.9. The van der Waals surface area contributed by atoms with E-state index in [1.165, 1.54) is 7.11 Å². The molecule has 2 rings (SSSR count). The molecule has 1 aliphatic carbocycles. The minimum atomic E-state index is -0.340. The number of ether oxygens (including phenoxy) is 1. The number of ketones is 1. The van der Waals surface area contributed by atoms with Gasteiger partial charge >= 0.3 is 5.97 Å². The van der Waals surface area contributed by atoms with Crippen molar-refractivity contribution in [2.75, 3.05) is 7.11 Å². The highest BCUT2D eigenvalue weighted by molar-refractivity contribution is 5.93. The molecule has 1 aliphatic rings. The van der Waals surface area contributed by atoms with E-state index in [9.17, 15) is 9.59 Å². The summed E-state index contributed by atoms with van der Waals surface area (Å²) in [5.74, 6) is 0.00777. The molecule has 1 saturated carbocycles. The predicted molar refractivity (Wildman–Crippen MR) is 92.1 cm³/mol. The molecular formula is C20H22O3. The van der Waals surface area contributed by atoms with Crippen LogP contribution in [0.1, 0.15) is 42.1 Å². The molecule has 0 heterocycles. The SMILES string of the molecule is COC(=O)c1ccccc1/C=C/C=C/C=C/C1(C)CCC(=O)C1. The van der Waals surface area contributed by atoms with E-state index in [0.717, 1.165) is 12.0 Å². The first-order chi connectivity index (χ1) is 11.0. The summed E-state index contributed by atoms with van der Waals surface area (Å²) >= 11 is 0. The minimum absolute atomic E-state index is 0.00260. The summed E-state index contributed by atoms with van der Waals surface area (Å²) in [6.45, 7) is 2.12. The molecule has 0 radical (unpaired) electrons. The van der Waals surface area contributed by atoms with Gasteiger partial charge in [0, 0.05) is 12.8 Å². The van der Waals surface area contributed by atoms with E-state index < -0.39 is 0 Å². The number of esters is 1. The molecule has 1 aromatic rings. The molecular weight excluding hydrogens is 288 g/mol. The highest BCUT2D eigenvalue weighted by atomic mass is 16.5. The zero-order chi connectivity index (χ0) is 16.7. The summed E-state index contributed by atoms with van der Waals surface area (Å²) in [7, 11) is 1.38. The second-order valence-corrected chi connectivity index (χ2v) is 6.05. The van der Waals surface area contributed by atoms with Crippen LogP contribution < -0.4 is 0 Å². The number of hydrogen-bond acceptors (Lipinski definition) is 3. The van der Waals surface area contributed by atoms with Crippen molar-refractivity contribution in [3.05, 3.63) is 65.8 Å². The van der Waals surface area contributed by atoms with Gasteiger partial charge in [0.15, 0.2) is 0 Å². The minimum Gasteiger partial charge on any atom is -0.465 e. The zero-order valence-electron chi connectivity index (χ0n) is 13.6. The molecule has 0 spiro atoms. The number of carbonyl (C=O) groups is 2. The molecule has 1 unspecified atom stereocenters. The number of Topliss-reactive ketones (excluding diaryl/α,β-unsaturated/α-hetero) is 1. The number of benzene rings is 1. The first-order valence-corrected chi connectivity index (χ1v) is 7.76. The van der Waals surface area contributed by atoms with Crippen LogP contribution in [0.15, 0.2) is 54.6 Å². The topological polar surface area (TPSA) is 43.4 Å². The molecule has 0 bridgehead atoms. The average molecular weight is 310 g/mol. The van der Waals surface area contributed by atoms with E-state index in [0.29, 0.717) is 24.2 Å². The predicted octanol–water partition coefficient (Wildman–Crippen LogP) is 4.36. The Labute approximate surface area is 137 Å². The van der Waals surface area contributed by atoms with Crippen LogP contribution in [-0.4, -0.2) is 18.9 Å². The molecule has 3 nitrogen and oxygen atoms in total. The Morgan fingerprint density at radius 1 is 1.17 bits per heavy atom. The molecule has 23 heavy (non-hydrogen) atoms. The summed E-state index contributed by atoms with van der Waals surface area (Å²) < 4.78 is 4.77. The zero-order valence-corrected chi connectivity index (χ0v) is 13.6. The maximum absolute atomic E-state index is 11.7. The molecule has 1 aromatic carbocycles. The molecule has 0 N–H and O–H groups in total. The molecule has 1 atom stereocenters. The lowest BCUT2D eigenvalue weighted by molar-refractivity contribution is -0.117. The Bertz CT molecular complexity index is 667. The van der Waals surface area contributed by atoms with E-state index in [1.54, 1.807) is 6.07 Å². The average Bonchev–Trinajstić information content (AvgIpc) is 2.89. The van der Waals surface area contributed by atoms with E-state index in [-0.39, 0.29) is 11.4 Å². The number of hydrogen-bond donors (Lipinski definition) is 0. The fourth-order valence-electron chi connectivity index (χ4n) is 2.71. The van der Waals surface area contributed by atoms with Gasteiger partial charge < -0.3 is 4.74 Å². The third kappa shape index (κ3) is 4.78. The Hall–Kier alpha value is -2.42. The third-order valence-electron chi connectivity index (χ3n) is 4.05. The Balaban J connectivity index is 1.97. The van der Waals surface area contributed by atoms with Gasteiger partial charge in [-0.25, -0.2) is 4.79 Å². The van der Waals surface area contributed by atoms with Crippen LogP contribution in [0.4, 0.5) is 0 Å². The lowest BCUT2D eigenvalue weighted by Gasteiger charge is -2.15. The molecule has 120 valence electrons. The van der Waals surface area contributed by atoms with Crippen LogP contribution in [0.25, 0.3) is 6.08 Å². The third-order valence-corrected chi connectivity index (χ3v) is 4.05. The maximum Gasteiger partial charge on any atom is 0.338 e. The Kier molecular flexibility index (Phi) is 5.69. The number of methoxy groups -OCH3 is 1. The second-order valence-electron chi connectivity index (χ2n) is 6.05. The van der Waals surface area contributed by atoms with E-state index in [2.05, 4.69) is 13.0 Å². The monoisotopic (exact) mass is 310 g/mol. The molecule has 0 amide bonds. The van der Waals surface area contributed by atoms with Crippen molar-refractivity contribution >= 4 is 17.8 Å². The highest BCUT2D eigenvalue weighted by Crippen LogP contribution is 2.36. The van der Waals surface area contributed by atoms with E-state index >= 15 is 0 Å². The Morgan fingerprint density at radius 3 is 2.61 bits per heavy atom. The fourth-order valence-corrected chi connectivity index (χ4v) is 2.71. The van der Waals surface area contributed by atoms with Gasteiger partial charge in [0.1, 0.15) is 5.78 Å². The fraction of sp³-hybridized carbons (Fsp3) is 0.300. The van der Waals surface area contributed by atoms with Crippen LogP contribution in [0.3, 0.4) is 0 Å². The number of rotatable bonds is 5. The van der Waals surface area contributed by atoms with Crippen molar-refractivity contribution in [2.24, 2.45) is 5.41 Å². The summed E-state index contributed by atoms with van der Waals surface area (Å²) in [5, 5.41) is 0. The van der Waals surface area contributed by atoms with Crippen LogP contribution >= 0.6 is 0 Å². The highest BCUT2D eigenvalue weighted by Gasteiger charge is 2.30. The van der Waals surface area contributed by atoms with Crippen LogP contribution in [0, 0.1) is 5.41 Å². The van der Waals surface area contributed by atoms with Crippen molar-refractivity contribution in [3.63, 3.8) is 0 Å². The quantitative estimate of drug-likeness (QED) is 0.599. The van der Waals surface area contributed by atoms with Crippen LogP contribution in [-0.2, 0) is 9.53 Å². The van der Waals surface area contributed by atoms with Crippen molar-refractivity contribution < 1.29 is 14.3 Å². The summed E-state index contributed by atoms with van der Waals surface area (Å²) in [6, 6.07) is 7.31. The lowest BCUT2D eigenvalue weighted by atomic mass is 9.88. The number of allylic oxidation sites excluding steroid dienone is 5. The van der Waals surface area contributed by atoms with Gasteiger partial charge in [0.25, 0.3) is 0 Å². The smallest absolute Gasteiger partial charge is 0.338 e. The van der Waals surface area contributed by atoms with Gasteiger partial charge in [-0.15, -0.1) is 0 Å². The van der Waals surface area contributed by atoms with Gasteiger partial charge in [-0.05, 0) is 23.5 Å². The summed E-state index contributed by atoms with van der Waals surface area (Å²) in [4.78, 5) is 23.0. The molecule has 1 fully saturated rings. The van der Waals surface area contributed by atoms with Gasteiger partial charge in [-0.2, -0.15) is 0 Å². The van der Waals surface area contributed by atoms with Gasteiger partial charge in [-0.1, -0.05) is 61.6 Å². The van der Waals surface area contributed by atoms with Crippen LogP contribution in [0.5, 0.6) is 0 Å².